The van der Waals surface area contributed by atoms with E-state index in [1.807, 2.05) is 0 Å². The summed E-state index contributed by atoms with van der Waals surface area (Å²) in [5.41, 5.74) is 0. The average molecular weight is 217 g/mol. The Kier molecular flexibility index (Phi) is 46.3. The van der Waals surface area contributed by atoms with Gasteiger partial charge in [-0.1, -0.05) is 0 Å². The number of carbonyl (C=O) groups excluding carboxylic acids is 2. The summed E-state index contributed by atoms with van der Waals surface area (Å²) >= 11 is 0. The van der Waals surface area contributed by atoms with Crippen molar-refractivity contribution in [2.24, 2.45) is 0 Å². The fourth-order valence-electron chi connectivity index (χ4n) is 0. The van der Waals surface area contributed by atoms with E-state index in [-0.39, 0.29) is 19.5 Å². The first-order chi connectivity index (χ1) is 4.46. The van der Waals surface area contributed by atoms with Gasteiger partial charge in [0.25, 0.3) is 0 Å². The van der Waals surface area contributed by atoms with E-state index < -0.39 is 11.9 Å². The second kappa shape index (κ2) is 22.7. The number of rotatable bonds is 0. The molecule has 0 aromatic carbocycles. The Morgan fingerprint density at radius 1 is 1.00 bits per heavy atom. The standard InChI is InChI=1S/2C2H4O2.H2O2.Zn/c2*1-2(3)4;1-2;/h2*1H3,(H,3,4);1-2H;/q;;;+2/p-2. The summed E-state index contributed by atoms with van der Waals surface area (Å²) in [5.74, 6) is -2.17. The molecule has 6 nitrogen and oxygen atoms in total. The van der Waals surface area contributed by atoms with Crippen LogP contribution in [0.15, 0.2) is 0 Å². The van der Waals surface area contributed by atoms with E-state index in [1.165, 1.54) is 0 Å². The number of aliphatic carboxylic acids is 2. The summed E-state index contributed by atoms with van der Waals surface area (Å²) in [7, 11) is 0. The molecule has 0 aliphatic rings. The molecule has 0 amide bonds. The van der Waals surface area contributed by atoms with Crippen molar-refractivity contribution < 1.29 is 49.8 Å². The van der Waals surface area contributed by atoms with Gasteiger partial charge in [-0.2, -0.15) is 0 Å². The molecule has 0 spiro atoms. The Balaban J connectivity index is -0.0000000339. The van der Waals surface area contributed by atoms with E-state index in [1.54, 1.807) is 0 Å². The van der Waals surface area contributed by atoms with Gasteiger partial charge in [0.05, 0.1) is 0 Å². The number of hydrogen-bond donors (Lipinski definition) is 2. The molecule has 7 heteroatoms. The van der Waals surface area contributed by atoms with E-state index in [0.29, 0.717) is 0 Å². The topological polar surface area (TPSA) is 121 Å². The fourth-order valence-corrected chi connectivity index (χ4v) is 0. The molecule has 0 rings (SSSR count). The van der Waals surface area contributed by atoms with Crippen molar-refractivity contribution in [3.63, 3.8) is 0 Å². The van der Waals surface area contributed by atoms with Gasteiger partial charge in [0.15, 0.2) is 0 Å². The Morgan fingerprint density at radius 2 is 1.00 bits per heavy atom. The smallest absolute Gasteiger partial charge is 0.550 e. The molecule has 0 fully saturated rings. The second-order valence-electron chi connectivity index (χ2n) is 0.983. The third kappa shape index (κ3) is 1990. The minimum atomic E-state index is -1.08. The molecule has 0 aliphatic carbocycles. The van der Waals surface area contributed by atoms with E-state index in [2.05, 4.69) is 0 Å². The minimum absolute atomic E-state index is 0. The van der Waals surface area contributed by atoms with Crippen molar-refractivity contribution >= 4 is 11.9 Å². The van der Waals surface area contributed by atoms with Gasteiger partial charge in [-0.15, -0.1) is 0 Å². The molecule has 0 saturated heterocycles. The maximum absolute atomic E-state index is 8.89. The number of hydrogen-bond acceptors (Lipinski definition) is 6. The van der Waals surface area contributed by atoms with Crippen molar-refractivity contribution in [2.45, 2.75) is 13.8 Å². The SMILES string of the molecule is CC(=O)[O-].CC(=O)[O-].OO.[Zn+2]. The van der Waals surface area contributed by atoms with Crippen LogP contribution in [-0.4, -0.2) is 22.5 Å². The van der Waals surface area contributed by atoms with E-state index in [9.17, 15) is 0 Å². The van der Waals surface area contributed by atoms with Crippen LogP contribution in [0.5, 0.6) is 0 Å². The molecule has 0 unspecified atom stereocenters. The van der Waals surface area contributed by atoms with Gasteiger partial charge >= 0.3 is 19.5 Å². The Morgan fingerprint density at radius 3 is 1.00 bits per heavy atom. The molecule has 0 bridgehead atoms. The van der Waals surface area contributed by atoms with Crippen LogP contribution in [0.1, 0.15) is 13.8 Å². The first-order valence-corrected chi connectivity index (χ1v) is 2.02. The Bertz CT molecular complexity index is 72.6. The summed E-state index contributed by atoms with van der Waals surface area (Å²) in [5, 5.41) is 29.8. The van der Waals surface area contributed by atoms with Gasteiger partial charge in [0, 0.05) is 11.9 Å². The first-order valence-electron chi connectivity index (χ1n) is 2.02. The largest absolute Gasteiger partial charge is 2.00 e. The second-order valence-corrected chi connectivity index (χ2v) is 0.983. The fraction of sp³-hybridized carbons (Fsp3) is 0.500. The van der Waals surface area contributed by atoms with Gasteiger partial charge in [0.2, 0.25) is 0 Å². The van der Waals surface area contributed by atoms with Gasteiger partial charge in [-0.3, -0.25) is 10.5 Å². The van der Waals surface area contributed by atoms with Crippen LogP contribution in [0.25, 0.3) is 0 Å². The Hall–Kier alpha value is -0.517. The molecule has 11 heavy (non-hydrogen) atoms. The molecule has 0 aromatic heterocycles. The van der Waals surface area contributed by atoms with Crippen molar-refractivity contribution in [1.29, 1.82) is 0 Å². The van der Waals surface area contributed by atoms with E-state index in [4.69, 9.17) is 30.3 Å². The predicted molar refractivity (Wildman–Crippen MR) is 26.6 cm³/mol. The zero-order chi connectivity index (χ0) is 9.15. The average Bonchev–Trinajstić information content (AvgIpc) is 1.66. The van der Waals surface area contributed by atoms with Crippen LogP contribution in [-0.2, 0) is 29.1 Å². The molecule has 0 aromatic rings. The molecule has 2 N–H and O–H groups in total. The van der Waals surface area contributed by atoms with Crippen LogP contribution in [0.3, 0.4) is 0 Å². The normalized spacial score (nSPS) is 5.09. The van der Waals surface area contributed by atoms with Crippen LogP contribution < -0.4 is 10.2 Å². The summed E-state index contributed by atoms with van der Waals surface area (Å²) in [6.45, 7) is 1.94. The van der Waals surface area contributed by atoms with Crippen LogP contribution in [0.2, 0.25) is 0 Å². The molecule has 62 valence electrons. The first kappa shape index (κ1) is 22.4. The summed E-state index contributed by atoms with van der Waals surface area (Å²) in [6.07, 6.45) is 0. The quantitative estimate of drug-likeness (QED) is 0.263. The van der Waals surface area contributed by atoms with Crippen molar-refractivity contribution in [3.8, 4) is 0 Å². The maximum atomic E-state index is 8.89. The maximum Gasteiger partial charge on any atom is 2.00 e. The molecule has 0 saturated carbocycles. The van der Waals surface area contributed by atoms with Crippen LogP contribution in [0, 0.1) is 0 Å². The van der Waals surface area contributed by atoms with Crippen LogP contribution in [0.4, 0.5) is 0 Å². The van der Waals surface area contributed by atoms with Crippen LogP contribution >= 0.6 is 0 Å². The molecule has 0 heterocycles. The minimum Gasteiger partial charge on any atom is -0.550 e. The van der Waals surface area contributed by atoms with Gasteiger partial charge < -0.3 is 19.8 Å². The molecule has 0 radical (unpaired) electrons. The summed E-state index contributed by atoms with van der Waals surface area (Å²) < 4.78 is 0. The summed E-state index contributed by atoms with van der Waals surface area (Å²) in [4.78, 5) is 17.8. The molecular weight excluding hydrogens is 209 g/mol. The van der Waals surface area contributed by atoms with Crippen molar-refractivity contribution in [3.05, 3.63) is 0 Å². The molecule has 0 aliphatic heterocycles. The van der Waals surface area contributed by atoms with Gasteiger partial charge in [0.1, 0.15) is 0 Å². The van der Waals surface area contributed by atoms with Crippen molar-refractivity contribution in [1.82, 2.24) is 0 Å². The zero-order valence-electron chi connectivity index (χ0n) is 6.23. The third-order valence-corrected chi connectivity index (χ3v) is 0. The third-order valence-electron chi connectivity index (χ3n) is 0. The number of carbonyl (C=O) groups is 2. The van der Waals surface area contributed by atoms with E-state index in [0.717, 1.165) is 13.8 Å². The Labute approximate surface area is 76.2 Å². The summed E-state index contributed by atoms with van der Waals surface area (Å²) in [6, 6.07) is 0. The van der Waals surface area contributed by atoms with E-state index >= 15 is 0 Å². The van der Waals surface area contributed by atoms with Crippen molar-refractivity contribution in [2.75, 3.05) is 0 Å². The zero-order valence-corrected chi connectivity index (χ0v) is 9.20. The predicted octanol–water partition coefficient (Wildman–Crippen LogP) is -2.47. The molecular formula is C4H8O6Zn. The van der Waals surface area contributed by atoms with Gasteiger partial charge in [-0.25, -0.2) is 0 Å². The number of carboxylic acids is 2. The molecule has 0 atom stereocenters. The monoisotopic (exact) mass is 216 g/mol. The number of carboxylic acid groups (broad SMARTS) is 2. The van der Waals surface area contributed by atoms with Gasteiger partial charge in [-0.05, 0) is 13.8 Å².